The molecule has 0 N–H and O–H groups in total. The highest BCUT2D eigenvalue weighted by atomic mass is 16.6. The summed E-state index contributed by atoms with van der Waals surface area (Å²) >= 11 is 0. The van der Waals surface area contributed by atoms with Crippen molar-refractivity contribution in [2.75, 3.05) is 6.61 Å². The van der Waals surface area contributed by atoms with Gasteiger partial charge in [0, 0.05) is 0 Å². The molecule has 0 bridgehead atoms. The van der Waals surface area contributed by atoms with Crippen LogP contribution in [-0.2, 0) is 4.74 Å². The minimum Gasteiger partial charge on any atom is -0.373 e. The van der Waals surface area contributed by atoms with Gasteiger partial charge in [-0.3, -0.25) is 0 Å². The van der Waals surface area contributed by atoms with Crippen LogP contribution in [0.1, 0.15) is 72.1 Å². The molecule has 3 unspecified atom stereocenters. The maximum atomic E-state index is 5.30. The smallest absolute Gasteiger partial charge is 0.0812 e. The molecule has 1 nitrogen and oxygen atoms in total. The van der Waals surface area contributed by atoms with Gasteiger partial charge >= 0.3 is 0 Å². The molecular formula is C15H30O. The Kier molecular flexibility index (Phi) is 7.11. The van der Waals surface area contributed by atoms with Gasteiger partial charge in [0.15, 0.2) is 0 Å². The lowest BCUT2D eigenvalue weighted by molar-refractivity contribution is 0.289. The summed E-state index contributed by atoms with van der Waals surface area (Å²) in [5.41, 5.74) is 0. The summed E-state index contributed by atoms with van der Waals surface area (Å²) in [7, 11) is 0. The molecule has 1 heterocycles. The van der Waals surface area contributed by atoms with E-state index in [2.05, 4.69) is 20.8 Å². The quantitative estimate of drug-likeness (QED) is 0.385. The van der Waals surface area contributed by atoms with Crippen molar-refractivity contribution in [3.63, 3.8) is 0 Å². The van der Waals surface area contributed by atoms with Crippen molar-refractivity contribution in [2.45, 2.75) is 78.2 Å². The Morgan fingerprint density at radius 3 is 2.25 bits per heavy atom. The van der Waals surface area contributed by atoms with Gasteiger partial charge in [-0.15, -0.1) is 0 Å². The normalized spacial score (nSPS) is 23.1. The number of unbranched alkanes of at least 4 members (excludes halogenated alkanes) is 5. The van der Waals surface area contributed by atoms with Crippen molar-refractivity contribution in [2.24, 2.45) is 11.8 Å². The molecule has 0 radical (unpaired) electrons. The van der Waals surface area contributed by atoms with Crippen LogP contribution in [0.15, 0.2) is 0 Å². The lowest BCUT2D eigenvalue weighted by Crippen LogP contribution is -2.10. The fourth-order valence-corrected chi connectivity index (χ4v) is 2.38. The van der Waals surface area contributed by atoms with Gasteiger partial charge in [0.05, 0.1) is 12.7 Å². The molecule has 1 rings (SSSR count). The van der Waals surface area contributed by atoms with E-state index >= 15 is 0 Å². The monoisotopic (exact) mass is 226 g/mol. The van der Waals surface area contributed by atoms with E-state index in [-0.39, 0.29) is 0 Å². The number of hydrogen-bond acceptors (Lipinski definition) is 1. The van der Waals surface area contributed by atoms with Crippen LogP contribution in [0.25, 0.3) is 0 Å². The highest BCUT2D eigenvalue weighted by molar-refractivity contribution is 4.74. The Morgan fingerprint density at radius 2 is 1.62 bits per heavy atom. The first-order chi connectivity index (χ1) is 7.74. The third-order valence-corrected chi connectivity index (χ3v) is 4.02. The summed E-state index contributed by atoms with van der Waals surface area (Å²) < 4.78 is 5.30. The standard InChI is InChI=1S/C15H30O/c1-4-5-6-7-8-9-10-13(2)14(3)11-15-12-16-15/h13-15H,4-12H2,1-3H3. The van der Waals surface area contributed by atoms with Crippen molar-refractivity contribution in [1.82, 2.24) is 0 Å². The summed E-state index contributed by atoms with van der Waals surface area (Å²) in [6.45, 7) is 8.11. The molecule has 16 heavy (non-hydrogen) atoms. The molecule has 0 aromatic heterocycles. The molecule has 0 saturated carbocycles. The predicted octanol–water partition coefficient (Wildman–Crippen LogP) is 4.80. The molecule has 1 saturated heterocycles. The molecule has 0 aromatic carbocycles. The van der Waals surface area contributed by atoms with E-state index in [0.717, 1.165) is 18.4 Å². The largest absolute Gasteiger partial charge is 0.373 e. The molecule has 0 spiro atoms. The molecule has 1 aliphatic heterocycles. The van der Waals surface area contributed by atoms with Crippen molar-refractivity contribution >= 4 is 0 Å². The Balaban J connectivity index is 1.90. The number of ether oxygens (including phenoxy) is 1. The molecular weight excluding hydrogens is 196 g/mol. The zero-order valence-corrected chi connectivity index (χ0v) is 11.5. The second kappa shape index (κ2) is 8.11. The van der Waals surface area contributed by atoms with Crippen LogP contribution in [0.3, 0.4) is 0 Å². The fraction of sp³-hybridized carbons (Fsp3) is 1.00. The first-order valence-electron chi connectivity index (χ1n) is 7.35. The first kappa shape index (κ1) is 14.0. The Morgan fingerprint density at radius 1 is 1.00 bits per heavy atom. The van der Waals surface area contributed by atoms with E-state index in [4.69, 9.17) is 4.74 Å². The zero-order valence-electron chi connectivity index (χ0n) is 11.5. The van der Waals surface area contributed by atoms with E-state index < -0.39 is 0 Å². The maximum absolute atomic E-state index is 5.30. The van der Waals surface area contributed by atoms with E-state index in [0.29, 0.717) is 6.10 Å². The molecule has 1 heteroatoms. The van der Waals surface area contributed by atoms with Gasteiger partial charge in [-0.2, -0.15) is 0 Å². The van der Waals surface area contributed by atoms with Crippen molar-refractivity contribution in [1.29, 1.82) is 0 Å². The summed E-state index contributed by atoms with van der Waals surface area (Å²) in [6, 6.07) is 0. The van der Waals surface area contributed by atoms with Crippen LogP contribution in [0.5, 0.6) is 0 Å². The molecule has 1 fully saturated rings. The van der Waals surface area contributed by atoms with Crippen molar-refractivity contribution in [3.8, 4) is 0 Å². The van der Waals surface area contributed by atoms with Gasteiger partial charge in [0.2, 0.25) is 0 Å². The average molecular weight is 226 g/mol. The van der Waals surface area contributed by atoms with E-state index in [9.17, 15) is 0 Å². The van der Waals surface area contributed by atoms with Gasteiger partial charge in [-0.1, -0.05) is 65.7 Å². The molecule has 0 aliphatic carbocycles. The summed E-state index contributed by atoms with van der Waals surface area (Å²) in [4.78, 5) is 0. The highest BCUT2D eigenvalue weighted by Gasteiger charge is 2.26. The summed E-state index contributed by atoms with van der Waals surface area (Å²) in [5.74, 6) is 1.73. The molecule has 0 amide bonds. The van der Waals surface area contributed by atoms with E-state index in [1.807, 2.05) is 0 Å². The summed E-state index contributed by atoms with van der Waals surface area (Å²) in [5, 5.41) is 0. The predicted molar refractivity (Wildman–Crippen MR) is 70.7 cm³/mol. The first-order valence-corrected chi connectivity index (χ1v) is 7.35. The van der Waals surface area contributed by atoms with Gasteiger partial charge in [0.1, 0.15) is 0 Å². The minimum absolute atomic E-state index is 0.613. The van der Waals surface area contributed by atoms with Crippen LogP contribution in [0, 0.1) is 11.8 Å². The number of hydrogen-bond donors (Lipinski definition) is 0. The summed E-state index contributed by atoms with van der Waals surface area (Å²) in [6.07, 6.45) is 11.9. The Hall–Kier alpha value is -0.0400. The van der Waals surface area contributed by atoms with Gasteiger partial charge in [0.25, 0.3) is 0 Å². The molecule has 1 aliphatic rings. The third kappa shape index (κ3) is 6.52. The lowest BCUT2D eigenvalue weighted by Gasteiger charge is -2.18. The molecule has 3 atom stereocenters. The number of epoxide rings is 1. The zero-order chi connectivity index (χ0) is 11.8. The van der Waals surface area contributed by atoms with Crippen LogP contribution >= 0.6 is 0 Å². The molecule has 0 aromatic rings. The van der Waals surface area contributed by atoms with Gasteiger partial charge in [-0.25, -0.2) is 0 Å². The lowest BCUT2D eigenvalue weighted by atomic mass is 9.87. The highest BCUT2D eigenvalue weighted by Crippen LogP contribution is 2.27. The van der Waals surface area contributed by atoms with Crippen LogP contribution < -0.4 is 0 Å². The van der Waals surface area contributed by atoms with Gasteiger partial charge < -0.3 is 4.74 Å². The second-order valence-electron chi connectivity index (χ2n) is 5.70. The number of rotatable bonds is 10. The maximum Gasteiger partial charge on any atom is 0.0812 e. The van der Waals surface area contributed by atoms with Crippen LogP contribution in [0.4, 0.5) is 0 Å². The fourth-order valence-electron chi connectivity index (χ4n) is 2.38. The Labute approximate surface area is 102 Å². The Bertz CT molecular complexity index is 163. The molecule has 96 valence electrons. The third-order valence-electron chi connectivity index (χ3n) is 4.02. The van der Waals surface area contributed by atoms with Gasteiger partial charge in [-0.05, 0) is 18.3 Å². The minimum atomic E-state index is 0.613. The average Bonchev–Trinajstić information content (AvgIpc) is 3.06. The van der Waals surface area contributed by atoms with Crippen molar-refractivity contribution in [3.05, 3.63) is 0 Å². The van der Waals surface area contributed by atoms with Crippen LogP contribution in [-0.4, -0.2) is 12.7 Å². The second-order valence-corrected chi connectivity index (χ2v) is 5.70. The van der Waals surface area contributed by atoms with Crippen LogP contribution in [0.2, 0.25) is 0 Å². The topological polar surface area (TPSA) is 12.5 Å². The van der Waals surface area contributed by atoms with Crippen molar-refractivity contribution < 1.29 is 4.74 Å². The SMILES string of the molecule is CCCCCCCCC(C)C(C)CC1CO1. The van der Waals surface area contributed by atoms with E-state index in [1.54, 1.807) is 0 Å². The van der Waals surface area contributed by atoms with E-state index in [1.165, 1.54) is 51.4 Å².